The number of nitrogens with one attached hydrogen (secondary N) is 1. The van der Waals surface area contributed by atoms with Crippen LogP contribution >= 0.6 is 22.7 Å². The smallest absolute Gasteiger partial charge is 0.226 e. The van der Waals surface area contributed by atoms with E-state index in [-0.39, 0.29) is 12.3 Å². The zero-order valence-corrected chi connectivity index (χ0v) is 17.4. The molecule has 1 amide bonds. The molecule has 30 heavy (non-hydrogen) atoms. The number of fused-ring (bicyclic) bond motifs is 1. The molecule has 0 fully saturated rings. The first-order chi connectivity index (χ1) is 14.7. The number of rotatable bonds is 6. The van der Waals surface area contributed by atoms with Gasteiger partial charge in [-0.05, 0) is 36.4 Å². The van der Waals surface area contributed by atoms with Crippen LogP contribution in [-0.2, 0) is 17.8 Å². The van der Waals surface area contributed by atoms with Crippen LogP contribution in [0.15, 0.2) is 70.6 Å². The van der Waals surface area contributed by atoms with Crippen molar-refractivity contribution in [2.24, 2.45) is 0 Å². The molecular formula is C22H16N4O2S2. The normalized spacial score (nSPS) is 11.1. The summed E-state index contributed by atoms with van der Waals surface area (Å²) in [5, 5.41) is 6.42. The molecule has 0 unspecified atom stereocenters. The predicted octanol–water partition coefficient (Wildman–Crippen LogP) is 4.93. The number of hydrogen-bond acceptors (Lipinski definition) is 7. The molecule has 8 heteroatoms. The van der Waals surface area contributed by atoms with Gasteiger partial charge in [0, 0.05) is 11.6 Å². The number of furan rings is 1. The first-order valence-corrected chi connectivity index (χ1v) is 11.0. The fraction of sp³-hybridized carbons (Fsp3) is 0.0909. The van der Waals surface area contributed by atoms with Gasteiger partial charge in [0.25, 0.3) is 0 Å². The molecule has 6 nitrogen and oxygen atoms in total. The predicted molar refractivity (Wildman–Crippen MR) is 118 cm³/mol. The number of thiazole rings is 2. The summed E-state index contributed by atoms with van der Waals surface area (Å²) in [6.45, 7) is 0.320. The Bertz CT molecular complexity index is 1270. The van der Waals surface area contributed by atoms with Gasteiger partial charge in [-0.25, -0.2) is 9.97 Å². The maximum absolute atomic E-state index is 12.3. The lowest BCUT2D eigenvalue weighted by Gasteiger charge is -2.01. The van der Waals surface area contributed by atoms with E-state index in [1.807, 2.05) is 60.0 Å². The van der Waals surface area contributed by atoms with Gasteiger partial charge in [-0.1, -0.05) is 18.2 Å². The lowest BCUT2D eigenvalue weighted by Crippen LogP contribution is -2.24. The highest BCUT2D eigenvalue weighted by molar-refractivity contribution is 7.21. The second-order valence-corrected chi connectivity index (χ2v) is 8.45. The van der Waals surface area contributed by atoms with E-state index in [4.69, 9.17) is 4.42 Å². The third-order valence-electron chi connectivity index (χ3n) is 4.40. The van der Waals surface area contributed by atoms with Crippen LogP contribution in [0, 0.1) is 0 Å². The van der Waals surface area contributed by atoms with E-state index in [9.17, 15) is 4.79 Å². The number of amides is 1. The van der Waals surface area contributed by atoms with E-state index in [1.165, 1.54) is 11.3 Å². The van der Waals surface area contributed by atoms with Crippen molar-refractivity contribution in [2.75, 3.05) is 0 Å². The van der Waals surface area contributed by atoms with Crippen molar-refractivity contribution in [3.8, 4) is 21.5 Å². The molecule has 0 radical (unpaired) electrons. The largest absolute Gasteiger partial charge is 0.457 e. The van der Waals surface area contributed by atoms with E-state index < -0.39 is 0 Å². The molecule has 0 bridgehead atoms. The molecule has 0 saturated heterocycles. The molecule has 0 saturated carbocycles. The monoisotopic (exact) mass is 432 g/mol. The summed E-state index contributed by atoms with van der Waals surface area (Å²) in [4.78, 5) is 25.7. The third kappa shape index (κ3) is 4.00. The van der Waals surface area contributed by atoms with E-state index in [0.29, 0.717) is 18.1 Å². The SMILES string of the molecule is O=C(Cc1csc(-c2ccccn2)n1)NCc1ccc(-c2nc3ccccc3s2)o1. The van der Waals surface area contributed by atoms with E-state index in [2.05, 4.69) is 20.3 Å². The highest BCUT2D eigenvalue weighted by atomic mass is 32.1. The fourth-order valence-corrected chi connectivity index (χ4v) is 4.70. The number of pyridine rings is 1. The Morgan fingerprint density at radius 1 is 1.00 bits per heavy atom. The number of para-hydroxylation sites is 1. The summed E-state index contributed by atoms with van der Waals surface area (Å²) in [6.07, 6.45) is 1.95. The minimum Gasteiger partial charge on any atom is -0.457 e. The average Bonchev–Trinajstić information content (AvgIpc) is 3.52. The number of carbonyl (C=O) groups excluding carboxylic acids is 1. The molecule has 0 spiro atoms. The average molecular weight is 433 g/mol. The van der Waals surface area contributed by atoms with Gasteiger partial charge in [0.15, 0.2) is 10.8 Å². The third-order valence-corrected chi connectivity index (χ3v) is 6.37. The molecule has 0 aliphatic rings. The second kappa shape index (κ2) is 8.17. The Balaban J connectivity index is 1.20. The van der Waals surface area contributed by atoms with E-state index in [0.717, 1.165) is 31.6 Å². The number of carbonyl (C=O) groups is 1. The number of nitrogens with zero attached hydrogens (tertiary/aromatic N) is 3. The Labute approximate surface area is 180 Å². The van der Waals surface area contributed by atoms with Gasteiger partial charge in [-0.2, -0.15) is 0 Å². The van der Waals surface area contributed by atoms with Gasteiger partial charge in [-0.3, -0.25) is 9.78 Å². The Morgan fingerprint density at radius 2 is 1.90 bits per heavy atom. The van der Waals surface area contributed by atoms with Gasteiger partial charge in [0.05, 0.1) is 34.6 Å². The molecule has 4 heterocycles. The fourth-order valence-electron chi connectivity index (χ4n) is 2.97. The zero-order chi connectivity index (χ0) is 20.3. The standard InChI is InChI=1S/C22H16N4O2S2/c27-20(11-14-13-29-21(25-14)17-6-3-4-10-23-17)24-12-15-8-9-18(28-15)22-26-16-5-1-2-7-19(16)30-22/h1-10,13H,11-12H2,(H,24,27). The minimum atomic E-state index is -0.106. The number of hydrogen-bond donors (Lipinski definition) is 1. The number of benzene rings is 1. The lowest BCUT2D eigenvalue weighted by molar-refractivity contribution is -0.120. The summed E-state index contributed by atoms with van der Waals surface area (Å²) in [5.74, 6) is 1.29. The summed E-state index contributed by atoms with van der Waals surface area (Å²) in [6, 6.07) is 17.4. The van der Waals surface area contributed by atoms with Gasteiger partial charge < -0.3 is 9.73 Å². The van der Waals surface area contributed by atoms with Crippen molar-refractivity contribution >= 4 is 38.8 Å². The van der Waals surface area contributed by atoms with Crippen LogP contribution in [0.5, 0.6) is 0 Å². The maximum atomic E-state index is 12.3. The Morgan fingerprint density at radius 3 is 2.77 bits per heavy atom. The van der Waals surface area contributed by atoms with Crippen molar-refractivity contribution < 1.29 is 9.21 Å². The van der Waals surface area contributed by atoms with Crippen molar-refractivity contribution in [3.63, 3.8) is 0 Å². The molecule has 0 atom stereocenters. The van der Waals surface area contributed by atoms with Gasteiger partial charge >= 0.3 is 0 Å². The van der Waals surface area contributed by atoms with Crippen molar-refractivity contribution in [2.45, 2.75) is 13.0 Å². The molecule has 0 aliphatic heterocycles. The maximum Gasteiger partial charge on any atom is 0.226 e. The van der Waals surface area contributed by atoms with Crippen molar-refractivity contribution in [1.82, 2.24) is 20.3 Å². The molecular weight excluding hydrogens is 416 g/mol. The first kappa shape index (κ1) is 18.7. The zero-order valence-electron chi connectivity index (χ0n) is 15.7. The molecule has 5 aromatic rings. The molecule has 1 N–H and O–H groups in total. The molecule has 5 rings (SSSR count). The van der Waals surface area contributed by atoms with Crippen LogP contribution in [0.2, 0.25) is 0 Å². The summed E-state index contributed by atoms with van der Waals surface area (Å²) >= 11 is 3.07. The first-order valence-electron chi connectivity index (χ1n) is 9.32. The Kier molecular flexibility index (Phi) is 5.08. The van der Waals surface area contributed by atoms with E-state index >= 15 is 0 Å². The lowest BCUT2D eigenvalue weighted by atomic mass is 10.3. The summed E-state index contributed by atoms with van der Waals surface area (Å²) in [7, 11) is 0. The molecule has 1 aromatic carbocycles. The molecule has 4 aromatic heterocycles. The van der Waals surface area contributed by atoms with Crippen LogP contribution < -0.4 is 5.32 Å². The van der Waals surface area contributed by atoms with Crippen LogP contribution in [0.1, 0.15) is 11.5 Å². The van der Waals surface area contributed by atoms with Crippen LogP contribution in [-0.4, -0.2) is 20.9 Å². The van der Waals surface area contributed by atoms with Gasteiger partial charge in [-0.15, -0.1) is 22.7 Å². The quantitative estimate of drug-likeness (QED) is 0.411. The summed E-state index contributed by atoms with van der Waals surface area (Å²) in [5.41, 5.74) is 2.50. The minimum absolute atomic E-state index is 0.106. The Hall–Kier alpha value is -3.36. The van der Waals surface area contributed by atoms with Crippen LogP contribution in [0.4, 0.5) is 0 Å². The molecule has 148 valence electrons. The van der Waals surface area contributed by atoms with Gasteiger partial charge in [0.2, 0.25) is 5.91 Å². The second-order valence-electron chi connectivity index (χ2n) is 6.57. The van der Waals surface area contributed by atoms with Crippen molar-refractivity contribution in [1.29, 1.82) is 0 Å². The molecule has 0 aliphatic carbocycles. The van der Waals surface area contributed by atoms with Gasteiger partial charge in [0.1, 0.15) is 10.8 Å². The highest BCUT2D eigenvalue weighted by Crippen LogP contribution is 2.31. The van der Waals surface area contributed by atoms with E-state index in [1.54, 1.807) is 17.5 Å². The summed E-state index contributed by atoms with van der Waals surface area (Å²) < 4.78 is 6.99. The topological polar surface area (TPSA) is 80.9 Å². The van der Waals surface area contributed by atoms with Crippen molar-refractivity contribution in [3.05, 3.63) is 77.6 Å². The van der Waals surface area contributed by atoms with Crippen LogP contribution in [0.3, 0.4) is 0 Å². The highest BCUT2D eigenvalue weighted by Gasteiger charge is 2.13. The van der Waals surface area contributed by atoms with Crippen LogP contribution in [0.25, 0.3) is 31.7 Å². The number of aromatic nitrogens is 3.